The van der Waals surface area contributed by atoms with Gasteiger partial charge in [0.05, 0.1) is 11.8 Å². The normalized spacial score (nSPS) is 10.3. The van der Waals surface area contributed by atoms with Gasteiger partial charge in [0.1, 0.15) is 12.0 Å². The molecule has 17 heavy (non-hydrogen) atoms. The second-order valence-electron chi connectivity index (χ2n) is 2.89. The number of hydrogen-bond donors (Lipinski definition) is 1. The number of nitrogens with zero attached hydrogens (tertiary/aromatic N) is 2. The summed E-state index contributed by atoms with van der Waals surface area (Å²) in [4.78, 5) is 19.2. The summed E-state index contributed by atoms with van der Waals surface area (Å²) >= 11 is 17.2. The maximum atomic E-state index is 11.8. The van der Waals surface area contributed by atoms with Crippen molar-refractivity contribution in [1.82, 2.24) is 9.97 Å². The van der Waals surface area contributed by atoms with Gasteiger partial charge in [-0.15, -0.1) is 0 Å². The Hall–Kier alpha value is -1.30. The van der Waals surface area contributed by atoms with Crippen LogP contribution in [0.15, 0.2) is 23.1 Å². The van der Waals surface area contributed by atoms with Crippen molar-refractivity contribution >= 4 is 46.4 Å². The number of anilines is 1. The number of nitrogens with one attached hydrogen (secondary N) is 1. The largest absolute Gasteiger partial charge is 0.452 e. The van der Waals surface area contributed by atoms with Gasteiger partial charge in [0.2, 0.25) is 5.22 Å². The first-order valence-corrected chi connectivity index (χ1v) is 5.43. The van der Waals surface area contributed by atoms with Crippen LogP contribution in [0.5, 0.6) is 0 Å². The molecule has 2 rings (SSSR count). The lowest BCUT2D eigenvalue weighted by Gasteiger charge is -2.06. The second kappa shape index (κ2) is 4.91. The molecule has 8 heteroatoms. The zero-order valence-electron chi connectivity index (χ0n) is 8.08. The SMILES string of the molecule is O=C(Nc1c(Cl)ncnc1Cl)c1ccoc1Cl. The highest BCUT2D eigenvalue weighted by Crippen LogP contribution is 2.27. The van der Waals surface area contributed by atoms with Gasteiger partial charge in [0.25, 0.3) is 5.91 Å². The number of hydrogen-bond acceptors (Lipinski definition) is 4. The van der Waals surface area contributed by atoms with E-state index >= 15 is 0 Å². The highest BCUT2D eigenvalue weighted by atomic mass is 35.5. The number of amides is 1. The van der Waals surface area contributed by atoms with Crippen molar-refractivity contribution in [2.75, 3.05) is 5.32 Å². The molecule has 2 aromatic heterocycles. The minimum atomic E-state index is -0.512. The molecule has 0 aromatic carbocycles. The van der Waals surface area contributed by atoms with Crippen molar-refractivity contribution in [3.63, 3.8) is 0 Å². The Morgan fingerprint density at radius 3 is 2.41 bits per heavy atom. The molecule has 0 unspecified atom stereocenters. The molecule has 0 fully saturated rings. The molecule has 2 heterocycles. The number of carbonyl (C=O) groups excluding carboxylic acids is 1. The van der Waals surface area contributed by atoms with Crippen molar-refractivity contribution in [2.45, 2.75) is 0 Å². The Bertz CT molecular complexity index is 550. The molecule has 0 radical (unpaired) electrons. The fourth-order valence-electron chi connectivity index (χ4n) is 1.08. The predicted molar refractivity (Wildman–Crippen MR) is 63.7 cm³/mol. The summed E-state index contributed by atoms with van der Waals surface area (Å²) in [7, 11) is 0. The Kier molecular flexibility index (Phi) is 3.51. The fraction of sp³-hybridized carbons (Fsp3) is 0. The summed E-state index contributed by atoms with van der Waals surface area (Å²) in [6, 6.07) is 1.42. The summed E-state index contributed by atoms with van der Waals surface area (Å²) in [5.41, 5.74) is 0.292. The van der Waals surface area contributed by atoms with Crippen LogP contribution >= 0.6 is 34.8 Å². The number of aromatic nitrogens is 2. The molecule has 0 spiro atoms. The molecule has 0 saturated heterocycles. The van der Waals surface area contributed by atoms with E-state index in [-0.39, 0.29) is 26.8 Å². The first-order valence-electron chi connectivity index (χ1n) is 4.30. The van der Waals surface area contributed by atoms with Gasteiger partial charge < -0.3 is 9.73 Å². The van der Waals surface area contributed by atoms with E-state index in [2.05, 4.69) is 15.3 Å². The van der Waals surface area contributed by atoms with Gasteiger partial charge in [-0.05, 0) is 17.7 Å². The Balaban J connectivity index is 2.28. The predicted octanol–water partition coefficient (Wildman–Crippen LogP) is 3.28. The molecule has 0 saturated carbocycles. The highest BCUT2D eigenvalue weighted by molar-refractivity contribution is 6.39. The van der Waals surface area contributed by atoms with Gasteiger partial charge in [-0.25, -0.2) is 9.97 Å². The summed E-state index contributed by atoms with van der Waals surface area (Å²) in [5.74, 6) is -0.512. The number of furan rings is 1. The van der Waals surface area contributed by atoms with Crippen LogP contribution < -0.4 is 5.32 Å². The maximum absolute atomic E-state index is 11.8. The smallest absolute Gasteiger partial charge is 0.260 e. The molecule has 5 nitrogen and oxygen atoms in total. The zero-order valence-corrected chi connectivity index (χ0v) is 10.3. The third kappa shape index (κ3) is 2.52. The third-order valence-corrected chi connectivity index (χ3v) is 2.72. The quantitative estimate of drug-likeness (QED) is 0.862. The second-order valence-corrected chi connectivity index (χ2v) is 3.95. The molecule has 2 aromatic rings. The Morgan fingerprint density at radius 1 is 1.24 bits per heavy atom. The molecular weight excluding hydrogens is 288 g/mol. The van der Waals surface area contributed by atoms with Crippen molar-refractivity contribution in [3.05, 3.63) is 39.7 Å². The van der Waals surface area contributed by atoms with Crippen LogP contribution in [0.25, 0.3) is 0 Å². The van der Waals surface area contributed by atoms with Gasteiger partial charge in [-0.2, -0.15) is 0 Å². The number of halogens is 3. The Morgan fingerprint density at radius 2 is 1.88 bits per heavy atom. The average Bonchev–Trinajstić information content (AvgIpc) is 2.70. The van der Waals surface area contributed by atoms with Crippen LogP contribution in [-0.4, -0.2) is 15.9 Å². The van der Waals surface area contributed by atoms with E-state index in [0.29, 0.717) is 0 Å². The summed E-state index contributed by atoms with van der Waals surface area (Å²) in [6.45, 7) is 0. The van der Waals surface area contributed by atoms with E-state index in [4.69, 9.17) is 39.2 Å². The first kappa shape index (κ1) is 12.2. The van der Waals surface area contributed by atoms with Crippen molar-refractivity contribution < 1.29 is 9.21 Å². The van der Waals surface area contributed by atoms with E-state index in [0.717, 1.165) is 0 Å². The monoisotopic (exact) mass is 291 g/mol. The highest BCUT2D eigenvalue weighted by Gasteiger charge is 2.17. The lowest BCUT2D eigenvalue weighted by Crippen LogP contribution is -2.13. The zero-order chi connectivity index (χ0) is 12.4. The lowest BCUT2D eigenvalue weighted by atomic mass is 10.3. The van der Waals surface area contributed by atoms with Crippen LogP contribution in [0.2, 0.25) is 15.5 Å². The molecule has 1 N–H and O–H groups in total. The molecular formula is C9H4Cl3N3O2. The molecule has 0 aliphatic rings. The number of carbonyl (C=O) groups is 1. The van der Waals surface area contributed by atoms with Gasteiger partial charge in [-0.1, -0.05) is 23.2 Å². The van der Waals surface area contributed by atoms with Gasteiger partial charge in [-0.3, -0.25) is 4.79 Å². The van der Waals surface area contributed by atoms with E-state index in [9.17, 15) is 4.79 Å². The molecule has 0 aliphatic carbocycles. The summed E-state index contributed by atoms with van der Waals surface area (Å²) in [6.07, 6.45) is 2.48. The van der Waals surface area contributed by atoms with E-state index in [1.807, 2.05) is 0 Å². The van der Waals surface area contributed by atoms with Crippen LogP contribution in [0, 0.1) is 0 Å². The minimum absolute atomic E-state index is 0.0217. The van der Waals surface area contributed by atoms with Crippen LogP contribution in [-0.2, 0) is 0 Å². The molecule has 0 bridgehead atoms. The first-order chi connectivity index (χ1) is 8.09. The van der Waals surface area contributed by atoms with Crippen LogP contribution in [0.3, 0.4) is 0 Å². The molecule has 88 valence electrons. The van der Waals surface area contributed by atoms with Gasteiger partial charge in [0, 0.05) is 0 Å². The summed E-state index contributed by atoms with van der Waals surface area (Å²) < 4.78 is 4.79. The average molecular weight is 293 g/mol. The maximum Gasteiger partial charge on any atom is 0.260 e. The van der Waals surface area contributed by atoms with E-state index in [1.54, 1.807) is 0 Å². The fourth-order valence-corrected chi connectivity index (χ4v) is 1.69. The van der Waals surface area contributed by atoms with Crippen LogP contribution in [0.4, 0.5) is 5.69 Å². The standard InChI is InChI=1S/C9H4Cl3N3O2/c10-6-5(7(11)14-3-13-6)15-9(16)4-1-2-17-8(4)12/h1-3H,(H,15,16). The third-order valence-electron chi connectivity index (χ3n) is 1.86. The molecule has 0 aliphatic heterocycles. The molecule has 0 atom stereocenters. The lowest BCUT2D eigenvalue weighted by molar-refractivity contribution is 0.102. The topological polar surface area (TPSA) is 68.0 Å². The Labute approximate surface area is 111 Å². The van der Waals surface area contributed by atoms with E-state index in [1.165, 1.54) is 18.7 Å². The van der Waals surface area contributed by atoms with E-state index < -0.39 is 5.91 Å². The van der Waals surface area contributed by atoms with Gasteiger partial charge in [0.15, 0.2) is 10.3 Å². The van der Waals surface area contributed by atoms with Gasteiger partial charge >= 0.3 is 0 Å². The number of rotatable bonds is 2. The van der Waals surface area contributed by atoms with Crippen LogP contribution in [0.1, 0.15) is 10.4 Å². The summed E-state index contributed by atoms with van der Waals surface area (Å²) in [5, 5.41) is 2.51. The van der Waals surface area contributed by atoms with Crippen molar-refractivity contribution in [2.24, 2.45) is 0 Å². The molecule has 1 amide bonds. The van der Waals surface area contributed by atoms with Crippen molar-refractivity contribution in [3.8, 4) is 0 Å². The minimum Gasteiger partial charge on any atom is -0.452 e. The van der Waals surface area contributed by atoms with Crippen molar-refractivity contribution in [1.29, 1.82) is 0 Å².